The van der Waals surface area contributed by atoms with Gasteiger partial charge in [0.05, 0.1) is 13.0 Å². The van der Waals surface area contributed by atoms with Crippen LogP contribution in [0.4, 0.5) is 0 Å². The Morgan fingerprint density at radius 3 is 2.28 bits per heavy atom. The topological polar surface area (TPSA) is 49.4 Å². The summed E-state index contributed by atoms with van der Waals surface area (Å²) in [5.74, 6) is -0.464. The largest absolute Gasteiger partial charge is 0.347 e. The zero-order chi connectivity index (χ0) is 13.7. The highest BCUT2D eigenvalue weighted by Gasteiger charge is 2.12. The first kappa shape index (κ1) is 14.8. The van der Waals surface area contributed by atoms with Crippen LogP contribution < -0.4 is 5.32 Å². The van der Waals surface area contributed by atoms with Crippen LogP contribution in [0.5, 0.6) is 0 Å². The first-order valence-corrected chi connectivity index (χ1v) is 6.07. The molecule has 0 heterocycles. The molecule has 6 heteroatoms. The summed E-state index contributed by atoms with van der Waals surface area (Å²) in [7, 11) is 3.25. The van der Waals surface area contributed by atoms with Crippen molar-refractivity contribution in [2.24, 2.45) is 0 Å². The molecule has 0 radical (unpaired) electrons. The van der Waals surface area contributed by atoms with E-state index in [1.54, 1.807) is 32.3 Å². The number of hydrogen-bond acceptors (Lipinski definition) is 2. The van der Waals surface area contributed by atoms with Crippen molar-refractivity contribution >= 4 is 35.0 Å². The average Bonchev–Trinajstić information content (AvgIpc) is 2.30. The molecule has 0 atom stereocenters. The molecule has 1 aromatic rings. The third kappa shape index (κ3) is 4.20. The molecule has 0 spiro atoms. The van der Waals surface area contributed by atoms with Gasteiger partial charge in [-0.15, -0.1) is 0 Å². The predicted molar refractivity (Wildman–Crippen MR) is 71.9 cm³/mol. The smallest absolute Gasteiger partial charge is 0.241 e. The lowest BCUT2D eigenvalue weighted by Crippen LogP contribution is -2.36. The number of nitrogens with zero attached hydrogens (tertiary/aromatic N) is 1. The van der Waals surface area contributed by atoms with Crippen LogP contribution in [0.2, 0.25) is 10.0 Å². The predicted octanol–water partition coefficient (Wildman–Crippen LogP) is 1.74. The molecule has 1 N–H and O–H groups in total. The van der Waals surface area contributed by atoms with Gasteiger partial charge in [0.2, 0.25) is 11.8 Å². The van der Waals surface area contributed by atoms with Gasteiger partial charge < -0.3 is 10.2 Å². The number of carbonyl (C=O) groups is 2. The van der Waals surface area contributed by atoms with Crippen molar-refractivity contribution in [3.05, 3.63) is 33.8 Å². The average molecular weight is 289 g/mol. The fourth-order valence-electron chi connectivity index (χ4n) is 1.26. The van der Waals surface area contributed by atoms with E-state index < -0.39 is 0 Å². The first-order chi connectivity index (χ1) is 8.41. The Morgan fingerprint density at radius 2 is 1.78 bits per heavy atom. The highest BCUT2D eigenvalue weighted by molar-refractivity contribution is 6.36. The number of rotatable bonds is 4. The van der Waals surface area contributed by atoms with E-state index >= 15 is 0 Å². The van der Waals surface area contributed by atoms with Crippen molar-refractivity contribution in [1.82, 2.24) is 10.2 Å². The second kappa shape index (κ2) is 6.61. The molecule has 0 aliphatic rings. The van der Waals surface area contributed by atoms with Crippen molar-refractivity contribution in [2.75, 3.05) is 20.6 Å². The maximum absolute atomic E-state index is 11.6. The van der Waals surface area contributed by atoms with E-state index in [4.69, 9.17) is 23.2 Å². The Balaban J connectivity index is 2.58. The van der Waals surface area contributed by atoms with Gasteiger partial charge in [0.1, 0.15) is 0 Å². The molecule has 1 aromatic carbocycles. The maximum atomic E-state index is 11.6. The third-order valence-electron chi connectivity index (χ3n) is 2.33. The highest BCUT2D eigenvalue weighted by atomic mass is 35.5. The summed E-state index contributed by atoms with van der Waals surface area (Å²) in [6.07, 6.45) is 0.0548. The number of amides is 2. The van der Waals surface area contributed by atoms with E-state index in [1.807, 2.05) is 0 Å². The Labute approximate surface area is 116 Å². The quantitative estimate of drug-likeness (QED) is 0.918. The van der Waals surface area contributed by atoms with Crippen molar-refractivity contribution in [2.45, 2.75) is 6.42 Å². The van der Waals surface area contributed by atoms with Crippen LogP contribution in [0.15, 0.2) is 18.2 Å². The second-order valence-corrected chi connectivity index (χ2v) is 4.76. The number of likely N-dealkylation sites (N-methyl/N-ethyl adjacent to an activating group) is 1. The molecule has 0 unspecified atom stereocenters. The zero-order valence-electron chi connectivity index (χ0n) is 10.2. The SMILES string of the molecule is CN(C)C(=O)CNC(=O)Cc1c(Cl)cccc1Cl. The summed E-state index contributed by atoms with van der Waals surface area (Å²) in [5, 5.41) is 3.40. The summed E-state index contributed by atoms with van der Waals surface area (Å²) < 4.78 is 0. The Hall–Kier alpha value is -1.26. The van der Waals surface area contributed by atoms with E-state index in [0.717, 1.165) is 0 Å². The van der Waals surface area contributed by atoms with Crippen LogP contribution in [-0.2, 0) is 16.0 Å². The molecule has 0 aliphatic carbocycles. The number of halogens is 2. The van der Waals surface area contributed by atoms with Crippen molar-refractivity contribution in [3.8, 4) is 0 Å². The summed E-state index contributed by atoms with van der Waals surface area (Å²) in [6.45, 7) is -0.0338. The minimum absolute atomic E-state index is 0.0338. The van der Waals surface area contributed by atoms with Crippen LogP contribution in [-0.4, -0.2) is 37.4 Å². The summed E-state index contributed by atoms with van der Waals surface area (Å²) in [4.78, 5) is 24.3. The van der Waals surface area contributed by atoms with E-state index in [1.165, 1.54) is 4.90 Å². The van der Waals surface area contributed by atoms with Crippen molar-refractivity contribution in [1.29, 1.82) is 0 Å². The summed E-state index contributed by atoms with van der Waals surface area (Å²) in [6, 6.07) is 5.05. The van der Waals surface area contributed by atoms with Crippen LogP contribution in [0.3, 0.4) is 0 Å². The van der Waals surface area contributed by atoms with Crippen molar-refractivity contribution < 1.29 is 9.59 Å². The fourth-order valence-corrected chi connectivity index (χ4v) is 1.79. The fraction of sp³-hybridized carbons (Fsp3) is 0.333. The van der Waals surface area contributed by atoms with E-state index in [2.05, 4.69) is 5.32 Å². The van der Waals surface area contributed by atoms with Gasteiger partial charge in [0.15, 0.2) is 0 Å². The molecule has 0 bridgehead atoms. The number of nitrogens with one attached hydrogen (secondary N) is 1. The minimum atomic E-state index is -0.291. The number of carbonyl (C=O) groups excluding carboxylic acids is 2. The molecule has 98 valence electrons. The molecule has 0 saturated carbocycles. The van der Waals surface area contributed by atoms with E-state index in [0.29, 0.717) is 15.6 Å². The Morgan fingerprint density at radius 1 is 1.22 bits per heavy atom. The van der Waals surface area contributed by atoms with Gasteiger partial charge in [0.25, 0.3) is 0 Å². The van der Waals surface area contributed by atoms with E-state index in [9.17, 15) is 9.59 Å². The third-order valence-corrected chi connectivity index (χ3v) is 3.04. The monoisotopic (exact) mass is 288 g/mol. The van der Waals surface area contributed by atoms with Gasteiger partial charge in [-0.1, -0.05) is 29.3 Å². The summed E-state index contributed by atoms with van der Waals surface area (Å²) >= 11 is 11.9. The van der Waals surface area contributed by atoms with Gasteiger partial charge in [-0.25, -0.2) is 0 Å². The summed E-state index contributed by atoms with van der Waals surface area (Å²) in [5.41, 5.74) is 0.565. The first-order valence-electron chi connectivity index (χ1n) is 5.31. The number of benzene rings is 1. The molecule has 2 amide bonds. The Kier molecular flexibility index (Phi) is 5.44. The standard InChI is InChI=1S/C12H14Cl2N2O2/c1-16(2)12(18)7-15-11(17)6-8-9(13)4-3-5-10(8)14/h3-5H,6-7H2,1-2H3,(H,15,17). The zero-order valence-corrected chi connectivity index (χ0v) is 11.7. The molecule has 0 fully saturated rings. The molecule has 0 saturated heterocycles. The van der Waals surface area contributed by atoms with Crippen LogP contribution in [0, 0.1) is 0 Å². The van der Waals surface area contributed by atoms with Gasteiger partial charge in [-0.05, 0) is 17.7 Å². The lowest BCUT2D eigenvalue weighted by Gasteiger charge is -2.11. The second-order valence-electron chi connectivity index (χ2n) is 3.94. The molecular weight excluding hydrogens is 275 g/mol. The highest BCUT2D eigenvalue weighted by Crippen LogP contribution is 2.24. The number of hydrogen-bond donors (Lipinski definition) is 1. The Bertz CT molecular complexity index is 441. The molecule has 18 heavy (non-hydrogen) atoms. The van der Waals surface area contributed by atoms with Crippen molar-refractivity contribution in [3.63, 3.8) is 0 Å². The molecule has 4 nitrogen and oxygen atoms in total. The lowest BCUT2D eigenvalue weighted by molar-refractivity contribution is -0.130. The molecule has 0 aliphatic heterocycles. The van der Waals surface area contributed by atoms with Gasteiger partial charge in [0, 0.05) is 24.1 Å². The van der Waals surface area contributed by atoms with Gasteiger partial charge >= 0.3 is 0 Å². The van der Waals surface area contributed by atoms with Crippen LogP contribution in [0.1, 0.15) is 5.56 Å². The molecule has 1 rings (SSSR count). The minimum Gasteiger partial charge on any atom is -0.347 e. The van der Waals surface area contributed by atoms with Crippen LogP contribution >= 0.6 is 23.2 Å². The normalized spacial score (nSPS) is 10.0. The van der Waals surface area contributed by atoms with E-state index in [-0.39, 0.29) is 24.8 Å². The maximum Gasteiger partial charge on any atom is 0.241 e. The molecule has 0 aromatic heterocycles. The lowest BCUT2D eigenvalue weighted by atomic mass is 10.1. The van der Waals surface area contributed by atoms with Crippen LogP contribution in [0.25, 0.3) is 0 Å². The van der Waals surface area contributed by atoms with Gasteiger partial charge in [-0.3, -0.25) is 9.59 Å². The van der Waals surface area contributed by atoms with Gasteiger partial charge in [-0.2, -0.15) is 0 Å². The molecular formula is C12H14Cl2N2O2.